The smallest absolute Gasteiger partial charge is 0.430 e. The molecular formula is C26H33BrF3N3O5. The maximum absolute atomic E-state index is 12.1. The van der Waals surface area contributed by atoms with E-state index in [1.54, 1.807) is 4.90 Å². The van der Waals surface area contributed by atoms with Crippen molar-refractivity contribution in [2.75, 3.05) is 31.1 Å². The highest BCUT2D eigenvalue weighted by atomic mass is 79.9. The van der Waals surface area contributed by atoms with Crippen LogP contribution in [0.25, 0.3) is 0 Å². The van der Waals surface area contributed by atoms with Gasteiger partial charge in [0.15, 0.2) is 0 Å². The normalized spacial score (nSPS) is 13.4. The van der Waals surface area contributed by atoms with Gasteiger partial charge in [-0.05, 0) is 38.1 Å². The van der Waals surface area contributed by atoms with Crippen LogP contribution in [0, 0.1) is 0 Å². The van der Waals surface area contributed by atoms with E-state index in [4.69, 9.17) is 20.7 Å². The molecule has 3 N–H and O–H groups in total. The molecular weight excluding hydrogens is 571 g/mol. The van der Waals surface area contributed by atoms with Crippen molar-refractivity contribution in [1.82, 2.24) is 0 Å². The van der Waals surface area contributed by atoms with Gasteiger partial charge < -0.3 is 25.2 Å². The van der Waals surface area contributed by atoms with Gasteiger partial charge in [-0.3, -0.25) is 9.69 Å². The molecule has 0 aliphatic carbocycles. The number of nitrogens with zero attached hydrogens (tertiary/aromatic N) is 2. The van der Waals surface area contributed by atoms with Crippen LogP contribution in [0.1, 0.15) is 44.7 Å². The Kier molecular flexibility index (Phi) is 13.3. The summed E-state index contributed by atoms with van der Waals surface area (Å²) in [5, 5.41) is 17.9. The van der Waals surface area contributed by atoms with Crippen molar-refractivity contribution in [3.63, 3.8) is 0 Å². The SMILES string of the molecule is CC[N+](CCCC(=O)O)(CCCN(C(N)=O)c1ccc(Br)cc1)[C@@H](C)c1ccccc1.O=C([O-])C(F)(F)F. The Morgan fingerprint density at radius 3 is 2.03 bits per heavy atom. The topological polar surface area (TPSA) is 124 Å². The van der Waals surface area contributed by atoms with E-state index in [0.29, 0.717) is 13.0 Å². The standard InChI is InChI=1S/C24H32BrN3O3.C2HF3O2/c1-3-28(17-7-11-23(29)30,19(2)20-9-5-4-6-10-20)18-8-16-27(24(26)31)22-14-12-21(25)13-15-22;3-2(4,5)1(6)7/h4-6,9-10,12-15,19H,3,7-8,11,16-18H2,1-2H3,(H2-,26,29,30,31);(H,6,7)/t19-,28?;/m0./s1. The predicted molar refractivity (Wildman–Crippen MR) is 139 cm³/mol. The molecule has 210 valence electrons. The average Bonchev–Trinajstić information content (AvgIpc) is 2.86. The minimum absolute atomic E-state index is 0.161. The van der Waals surface area contributed by atoms with Crippen molar-refractivity contribution in [2.45, 2.75) is 45.3 Å². The molecule has 2 amide bonds. The molecule has 2 aromatic carbocycles. The Balaban J connectivity index is 0.000000905. The van der Waals surface area contributed by atoms with Crippen molar-refractivity contribution in [2.24, 2.45) is 5.73 Å². The summed E-state index contributed by atoms with van der Waals surface area (Å²) in [6, 6.07) is 17.6. The lowest BCUT2D eigenvalue weighted by Gasteiger charge is -2.44. The van der Waals surface area contributed by atoms with Gasteiger partial charge in [0.25, 0.3) is 0 Å². The van der Waals surface area contributed by atoms with Crippen molar-refractivity contribution < 1.29 is 42.3 Å². The number of alkyl halides is 3. The van der Waals surface area contributed by atoms with Gasteiger partial charge in [0, 0.05) is 35.1 Å². The molecule has 0 fully saturated rings. The van der Waals surface area contributed by atoms with Crippen LogP contribution in [0.15, 0.2) is 59.1 Å². The van der Waals surface area contributed by atoms with E-state index < -0.39 is 24.1 Å². The number of carboxylic acids is 2. The molecule has 1 unspecified atom stereocenters. The van der Waals surface area contributed by atoms with Crippen LogP contribution in [0.3, 0.4) is 0 Å². The van der Waals surface area contributed by atoms with Gasteiger partial charge in [0.05, 0.1) is 26.1 Å². The third kappa shape index (κ3) is 10.7. The lowest BCUT2D eigenvalue weighted by molar-refractivity contribution is -0.954. The van der Waals surface area contributed by atoms with E-state index in [-0.39, 0.29) is 12.5 Å². The Morgan fingerprint density at radius 1 is 1.05 bits per heavy atom. The number of halogens is 4. The van der Waals surface area contributed by atoms with E-state index in [2.05, 4.69) is 41.9 Å². The number of carbonyl (C=O) groups is 3. The highest BCUT2D eigenvalue weighted by Gasteiger charge is 2.33. The molecule has 0 aliphatic rings. The highest BCUT2D eigenvalue weighted by molar-refractivity contribution is 9.10. The number of hydrogen-bond acceptors (Lipinski definition) is 4. The average molecular weight is 604 g/mol. The first kappa shape index (κ1) is 32.9. The van der Waals surface area contributed by atoms with E-state index in [9.17, 15) is 22.8 Å². The van der Waals surface area contributed by atoms with Gasteiger partial charge in [-0.25, -0.2) is 4.79 Å². The number of anilines is 1. The van der Waals surface area contributed by atoms with Gasteiger partial charge in [-0.15, -0.1) is 0 Å². The van der Waals surface area contributed by atoms with Gasteiger partial charge >= 0.3 is 18.2 Å². The molecule has 38 heavy (non-hydrogen) atoms. The monoisotopic (exact) mass is 603 g/mol. The van der Waals surface area contributed by atoms with Crippen LogP contribution < -0.4 is 15.7 Å². The zero-order valence-electron chi connectivity index (χ0n) is 21.3. The third-order valence-electron chi connectivity index (χ3n) is 6.35. The molecule has 2 atom stereocenters. The number of urea groups is 1. The van der Waals surface area contributed by atoms with Gasteiger partial charge in [0.1, 0.15) is 12.0 Å². The Labute approximate surface area is 228 Å². The van der Waals surface area contributed by atoms with E-state index in [1.165, 1.54) is 5.56 Å². The Morgan fingerprint density at radius 2 is 1.58 bits per heavy atom. The summed E-state index contributed by atoms with van der Waals surface area (Å²) in [4.78, 5) is 33.6. The number of hydrogen-bond donors (Lipinski definition) is 2. The van der Waals surface area contributed by atoms with Crippen LogP contribution in [0.5, 0.6) is 0 Å². The summed E-state index contributed by atoms with van der Waals surface area (Å²) in [5.41, 5.74) is 7.66. The maximum atomic E-state index is 12.1. The van der Waals surface area contributed by atoms with Crippen molar-refractivity contribution in [3.8, 4) is 0 Å². The van der Waals surface area contributed by atoms with Crippen molar-refractivity contribution in [3.05, 3.63) is 64.6 Å². The Hall–Kier alpha value is -3.12. The molecule has 0 saturated heterocycles. The minimum atomic E-state index is -5.19. The van der Waals surface area contributed by atoms with Crippen LogP contribution in [0.4, 0.5) is 23.7 Å². The van der Waals surface area contributed by atoms with E-state index >= 15 is 0 Å². The van der Waals surface area contributed by atoms with Crippen LogP contribution >= 0.6 is 15.9 Å². The fraction of sp³-hybridized carbons (Fsp3) is 0.423. The zero-order valence-corrected chi connectivity index (χ0v) is 22.9. The first-order valence-electron chi connectivity index (χ1n) is 12.0. The van der Waals surface area contributed by atoms with Crippen LogP contribution in [-0.2, 0) is 9.59 Å². The molecule has 0 bridgehead atoms. The quantitative estimate of drug-likeness (QED) is 0.346. The molecule has 0 heterocycles. The number of nitrogens with two attached hydrogens (primary N) is 1. The van der Waals surface area contributed by atoms with Gasteiger partial charge in [-0.1, -0.05) is 46.3 Å². The number of carbonyl (C=O) groups excluding carboxylic acids is 2. The number of rotatable bonds is 12. The molecule has 0 radical (unpaired) electrons. The molecule has 2 aromatic rings. The minimum Gasteiger partial charge on any atom is -0.542 e. The first-order valence-corrected chi connectivity index (χ1v) is 12.8. The third-order valence-corrected chi connectivity index (χ3v) is 6.88. The van der Waals surface area contributed by atoms with E-state index in [1.807, 2.05) is 42.5 Å². The molecule has 12 heteroatoms. The van der Waals surface area contributed by atoms with Crippen molar-refractivity contribution in [1.29, 1.82) is 0 Å². The summed E-state index contributed by atoms with van der Waals surface area (Å²) in [6.07, 6.45) is -3.66. The summed E-state index contributed by atoms with van der Waals surface area (Å²) < 4.78 is 33.3. The number of carboxylic acid groups (broad SMARTS) is 2. The summed E-state index contributed by atoms with van der Waals surface area (Å²) >= 11 is 3.41. The number of primary amides is 1. The number of benzene rings is 2. The fourth-order valence-electron chi connectivity index (χ4n) is 4.21. The molecule has 0 aliphatic heterocycles. The lowest BCUT2D eigenvalue weighted by atomic mass is 10.0. The second-order valence-electron chi connectivity index (χ2n) is 8.67. The molecule has 8 nitrogen and oxygen atoms in total. The number of quaternary nitrogens is 1. The second kappa shape index (κ2) is 15.3. The molecule has 0 aromatic heterocycles. The summed E-state index contributed by atoms with van der Waals surface area (Å²) in [6.45, 7) is 7.35. The lowest BCUT2D eigenvalue weighted by Crippen LogP contribution is -2.52. The largest absolute Gasteiger partial charge is 0.542 e. The number of aliphatic carboxylic acids is 2. The molecule has 0 spiro atoms. The van der Waals surface area contributed by atoms with Crippen molar-refractivity contribution >= 4 is 39.6 Å². The van der Waals surface area contributed by atoms with E-state index in [0.717, 1.165) is 40.7 Å². The first-order chi connectivity index (χ1) is 17.7. The van der Waals surface area contributed by atoms with Gasteiger partial charge in [0.2, 0.25) is 0 Å². The summed E-state index contributed by atoms with van der Waals surface area (Å²) in [5.74, 6) is -3.77. The van der Waals surface area contributed by atoms with Crippen LogP contribution in [0.2, 0.25) is 0 Å². The highest BCUT2D eigenvalue weighted by Crippen LogP contribution is 2.30. The number of amides is 2. The second-order valence-corrected chi connectivity index (χ2v) is 9.59. The van der Waals surface area contributed by atoms with Gasteiger partial charge in [-0.2, -0.15) is 13.2 Å². The molecule has 2 rings (SSSR count). The molecule has 0 saturated carbocycles. The maximum Gasteiger partial charge on any atom is 0.430 e. The van der Waals surface area contributed by atoms with Crippen LogP contribution in [-0.4, -0.2) is 59.9 Å². The predicted octanol–water partition coefficient (Wildman–Crippen LogP) is 4.49. The summed E-state index contributed by atoms with van der Waals surface area (Å²) in [7, 11) is 0. The fourth-order valence-corrected chi connectivity index (χ4v) is 4.48. The Bertz CT molecular complexity index is 1040. The zero-order chi connectivity index (χ0) is 28.9.